The van der Waals surface area contributed by atoms with Gasteiger partial charge in [0.2, 0.25) is 0 Å². The minimum Gasteiger partial charge on any atom is -0.480 e. The molecule has 0 spiro atoms. The van der Waals surface area contributed by atoms with Crippen LogP contribution in [0.5, 0.6) is 0 Å². The van der Waals surface area contributed by atoms with Crippen molar-refractivity contribution < 1.29 is 14.7 Å². The lowest BCUT2D eigenvalue weighted by Gasteiger charge is -2.36. The van der Waals surface area contributed by atoms with Crippen molar-refractivity contribution >= 4 is 28.3 Å². The molecule has 2 atom stereocenters. The first-order valence-corrected chi connectivity index (χ1v) is 7.15. The van der Waals surface area contributed by atoms with E-state index in [0.29, 0.717) is 24.0 Å². The molecule has 6 nitrogen and oxygen atoms in total. The van der Waals surface area contributed by atoms with Crippen LogP contribution in [0.2, 0.25) is 0 Å². The summed E-state index contributed by atoms with van der Waals surface area (Å²) in [5.41, 5.74) is 5.74. The van der Waals surface area contributed by atoms with Gasteiger partial charge in [0.1, 0.15) is 11.7 Å². The fraction of sp³-hybridized carbons (Fsp3) is 0.583. The summed E-state index contributed by atoms with van der Waals surface area (Å²) < 4.78 is 0. The van der Waals surface area contributed by atoms with Gasteiger partial charge in [0.15, 0.2) is 5.13 Å². The van der Waals surface area contributed by atoms with E-state index in [4.69, 9.17) is 5.73 Å². The van der Waals surface area contributed by atoms with Gasteiger partial charge in [-0.25, -0.2) is 9.78 Å². The van der Waals surface area contributed by atoms with Crippen LogP contribution in [0.4, 0.5) is 5.13 Å². The Balaban J connectivity index is 2.17. The molecule has 1 saturated heterocycles. The Morgan fingerprint density at radius 1 is 1.63 bits per heavy atom. The highest BCUT2D eigenvalue weighted by Crippen LogP contribution is 2.27. The molecule has 2 unspecified atom stereocenters. The van der Waals surface area contributed by atoms with E-state index >= 15 is 0 Å². The fourth-order valence-corrected chi connectivity index (χ4v) is 2.96. The molecule has 0 aromatic carbocycles. The van der Waals surface area contributed by atoms with Crippen LogP contribution in [-0.4, -0.2) is 39.5 Å². The van der Waals surface area contributed by atoms with Crippen LogP contribution in [0, 0.1) is 5.92 Å². The highest BCUT2D eigenvalue weighted by atomic mass is 32.1. The molecule has 0 radical (unpaired) electrons. The zero-order valence-electron chi connectivity index (χ0n) is 10.7. The number of aromatic nitrogens is 1. The third-order valence-corrected chi connectivity index (χ3v) is 4.25. The molecule has 2 rings (SSSR count). The molecule has 3 N–H and O–H groups in total. The van der Waals surface area contributed by atoms with Crippen molar-refractivity contribution in [3.63, 3.8) is 0 Å². The number of nitrogens with two attached hydrogens (primary N) is 1. The van der Waals surface area contributed by atoms with Crippen molar-refractivity contribution in [2.24, 2.45) is 5.92 Å². The maximum Gasteiger partial charge on any atom is 0.326 e. The molecule has 104 valence electrons. The standard InChI is InChI=1S/C12H17N3O3S/c1-2-7-3-4-15(9(5-7)11(17)18)10(16)8-6-19-12(13)14-8/h6-7,9H,2-5H2,1H3,(H2,13,14)(H,17,18). The van der Waals surface area contributed by atoms with Gasteiger partial charge in [0.05, 0.1) is 0 Å². The molecule has 1 aromatic rings. The van der Waals surface area contributed by atoms with Crippen molar-refractivity contribution in [3.05, 3.63) is 11.1 Å². The Bertz CT molecular complexity index is 488. The monoisotopic (exact) mass is 283 g/mol. The van der Waals surface area contributed by atoms with E-state index in [0.717, 1.165) is 12.8 Å². The molecule has 7 heteroatoms. The highest BCUT2D eigenvalue weighted by Gasteiger charge is 2.36. The van der Waals surface area contributed by atoms with E-state index in [1.54, 1.807) is 5.38 Å². The van der Waals surface area contributed by atoms with Crippen LogP contribution in [0.3, 0.4) is 0 Å². The number of carboxylic acid groups (broad SMARTS) is 1. The second-order valence-corrected chi connectivity index (χ2v) is 5.61. The summed E-state index contributed by atoms with van der Waals surface area (Å²) in [5.74, 6) is -0.921. The van der Waals surface area contributed by atoms with Crippen LogP contribution in [0.25, 0.3) is 0 Å². The van der Waals surface area contributed by atoms with E-state index in [1.807, 2.05) is 6.92 Å². The number of rotatable bonds is 3. The Labute approximate surface area is 115 Å². The number of nitrogen functional groups attached to an aromatic ring is 1. The normalized spacial score (nSPS) is 23.3. The summed E-state index contributed by atoms with van der Waals surface area (Å²) in [4.78, 5) is 28.9. The zero-order valence-corrected chi connectivity index (χ0v) is 11.5. The van der Waals surface area contributed by atoms with Gasteiger partial charge in [0, 0.05) is 11.9 Å². The largest absolute Gasteiger partial charge is 0.480 e. The van der Waals surface area contributed by atoms with Gasteiger partial charge in [-0.3, -0.25) is 4.79 Å². The van der Waals surface area contributed by atoms with Gasteiger partial charge in [0.25, 0.3) is 5.91 Å². The van der Waals surface area contributed by atoms with Gasteiger partial charge in [-0.05, 0) is 18.8 Å². The van der Waals surface area contributed by atoms with E-state index in [-0.39, 0.29) is 11.6 Å². The number of hydrogen-bond donors (Lipinski definition) is 2. The molecule has 0 aliphatic carbocycles. The quantitative estimate of drug-likeness (QED) is 0.875. The number of carboxylic acids is 1. The molecular weight excluding hydrogens is 266 g/mol. The smallest absolute Gasteiger partial charge is 0.326 e. The first kappa shape index (κ1) is 13.8. The van der Waals surface area contributed by atoms with Crippen molar-refractivity contribution in [1.82, 2.24) is 9.88 Å². The number of thiazole rings is 1. The van der Waals surface area contributed by atoms with Crippen LogP contribution in [0.15, 0.2) is 5.38 Å². The average Bonchev–Trinajstić information content (AvgIpc) is 2.83. The number of piperidine rings is 1. The van der Waals surface area contributed by atoms with Gasteiger partial charge in [-0.2, -0.15) is 0 Å². The van der Waals surface area contributed by atoms with E-state index in [9.17, 15) is 14.7 Å². The maximum atomic E-state index is 12.3. The minimum atomic E-state index is -0.949. The van der Waals surface area contributed by atoms with Gasteiger partial charge >= 0.3 is 5.97 Å². The summed E-state index contributed by atoms with van der Waals surface area (Å²) in [6, 6.07) is -0.755. The Morgan fingerprint density at radius 3 is 2.89 bits per heavy atom. The van der Waals surface area contributed by atoms with Gasteiger partial charge < -0.3 is 15.7 Å². The first-order valence-electron chi connectivity index (χ1n) is 6.27. The number of nitrogens with zero attached hydrogens (tertiary/aromatic N) is 2. The summed E-state index contributed by atoms with van der Waals surface area (Å²) in [6.45, 7) is 2.51. The summed E-state index contributed by atoms with van der Waals surface area (Å²) in [7, 11) is 0. The van der Waals surface area contributed by atoms with E-state index in [1.165, 1.54) is 16.2 Å². The molecule has 1 aliphatic rings. The molecule has 1 fully saturated rings. The molecule has 1 aromatic heterocycles. The SMILES string of the molecule is CCC1CCN(C(=O)c2csc(N)n2)C(C(=O)O)C1. The first-order chi connectivity index (χ1) is 9.02. The number of amides is 1. The van der Waals surface area contributed by atoms with Crippen molar-refractivity contribution in [1.29, 1.82) is 0 Å². The molecule has 1 amide bonds. The number of carbonyl (C=O) groups excluding carboxylic acids is 1. The van der Waals surface area contributed by atoms with E-state index in [2.05, 4.69) is 4.98 Å². The number of aliphatic carboxylic acids is 1. The van der Waals surface area contributed by atoms with E-state index < -0.39 is 12.0 Å². The lowest BCUT2D eigenvalue weighted by Crippen LogP contribution is -2.50. The number of hydrogen-bond acceptors (Lipinski definition) is 5. The average molecular weight is 283 g/mol. The Hall–Kier alpha value is -1.63. The molecule has 0 bridgehead atoms. The van der Waals surface area contributed by atoms with Crippen molar-refractivity contribution in [3.8, 4) is 0 Å². The lowest BCUT2D eigenvalue weighted by atomic mass is 9.88. The van der Waals surface area contributed by atoms with Gasteiger partial charge in [-0.15, -0.1) is 11.3 Å². The summed E-state index contributed by atoms with van der Waals surface area (Å²) >= 11 is 1.18. The molecular formula is C12H17N3O3S. The number of anilines is 1. The third kappa shape index (κ3) is 2.86. The Kier molecular flexibility index (Phi) is 4.04. The van der Waals surface area contributed by atoms with Crippen LogP contribution < -0.4 is 5.73 Å². The molecule has 19 heavy (non-hydrogen) atoms. The van der Waals surface area contributed by atoms with Crippen LogP contribution in [0.1, 0.15) is 36.7 Å². The topological polar surface area (TPSA) is 96.5 Å². The summed E-state index contributed by atoms with van der Waals surface area (Å²) in [5, 5.41) is 11.2. The van der Waals surface area contributed by atoms with Crippen molar-refractivity contribution in [2.75, 3.05) is 12.3 Å². The highest BCUT2D eigenvalue weighted by molar-refractivity contribution is 7.13. The lowest BCUT2D eigenvalue weighted by molar-refractivity contribution is -0.144. The predicted molar refractivity (Wildman–Crippen MR) is 72.0 cm³/mol. The number of likely N-dealkylation sites (tertiary alicyclic amines) is 1. The number of carbonyl (C=O) groups is 2. The van der Waals surface area contributed by atoms with Crippen molar-refractivity contribution in [2.45, 2.75) is 32.2 Å². The van der Waals surface area contributed by atoms with Gasteiger partial charge in [-0.1, -0.05) is 13.3 Å². The summed E-state index contributed by atoms with van der Waals surface area (Å²) in [6.07, 6.45) is 2.29. The van der Waals surface area contributed by atoms with Crippen LogP contribution >= 0.6 is 11.3 Å². The second-order valence-electron chi connectivity index (χ2n) is 4.72. The predicted octanol–water partition coefficient (Wildman–Crippen LogP) is 1.44. The zero-order chi connectivity index (χ0) is 14.0. The second kappa shape index (κ2) is 5.56. The molecule has 1 aliphatic heterocycles. The third-order valence-electron chi connectivity index (χ3n) is 3.58. The fourth-order valence-electron chi connectivity index (χ4n) is 2.42. The molecule has 2 heterocycles. The Morgan fingerprint density at radius 2 is 2.37 bits per heavy atom. The maximum absolute atomic E-state index is 12.3. The van der Waals surface area contributed by atoms with Crippen LogP contribution in [-0.2, 0) is 4.79 Å². The minimum absolute atomic E-state index is 0.240. The molecule has 0 saturated carbocycles.